The van der Waals surface area contributed by atoms with Gasteiger partial charge in [0.15, 0.2) is 5.13 Å². The van der Waals surface area contributed by atoms with Gasteiger partial charge in [-0.2, -0.15) is 4.72 Å². The molecule has 1 aliphatic heterocycles. The predicted molar refractivity (Wildman–Crippen MR) is 128 cm³/mol. The lowest BCUT2D eigenvalue weighted by Gasteiger charge is -2.21. The van der Waals surface area contributed by atoms with Crippen LogP contribution in [0.2, 0.25) is 0 Å². The summed E-state index contributed by atoms with van der Waals surface area (Å²) >= 11 is 1.25. The highest BCUT2D eigenvalue weighted by atomic mass is 32.2. The number of hydrogen-bond donors (Lipinski definition) is 2. The molecular weight excluding hydrogens is 460 g/mol. The molecule has 2 atom stereocenters. The Labute approximate surface area is 196 Å². The molecule has 8 nitrogen and oxygen atoms in total. The SMILES string of the molecule is CC(=O)N1c2ccc(S(=O)(=O)N[C@@H](Cc3ccccc3)C(=O)Nc3nccs3)cc2C[C@H]1C. The van der Waals surface area contributed by atoms with Crippen LogP contribution in [0.1, 0.15) is 25.0 Å². The van der Waals surface area contributed by atoms with Gasteiger partial charge in [-0.05, 0) is 49.1 Å². The third kappa shape index (κ3) is 5.13. The number of thiazole rings is 1. The van der Waals surface area contributed by atoms with Crippen molar-refractivity contribution in [3.8, 4) is 0 Å². The fourth-order valence-electron chi connectivity index (χ4n) is 4.03. The summed E-state index contributed by atoms with van der Waals surface area (Å²) in [6.07, 6.45) is 2.31. The number of fused-ring (bicyclic) bond motifs is 1. The molecule has 0 spiro atoms. The molecule has 2 N–H and O–H groups in total. The summed E-state index contributed by atoms with van der Waals surface area (Å²) in [5, 5.41) is 4.80. The molecule has 3 aromatic rings. The second kappa shape index (κ2) is 9.42. The van der Waals surface area contributed by atoms with Gasteiger partial charge in [0.05, 0.1) is 4.90 Å². The smallest absolute Gasteiger partial charge is 0.244 e. The number of carbonyl (C=O) groups is 2. The average Bonchev–Trinajstić information content (AvgIpc) is 3.39. The summed E-state index contributed by atoms with van der Waals surface area (Å²) in [5.41, 5.74) is 2.32. The molecule has 0 radical (unpaired) electrons. The molecule has 0 aliphatic carbocycles. The Morgan fingerprint density at radius 1 is 1.21 bits per heavy atom. The topological polar surface area (TPSA) is 108 Å². The summed E-state index contributed by atoms with van der Waals surface area (Å²) in [7, 11) is -4.01. The standard InChI is InChI=1S/C23H24N4O4S2/c1-15-12-18-14-19(8-9-21(18)27(15)16(2)28)33(30,31)26-20(13-17-6-4-3-5-7-17)22(29)25-23-24-10-11-32-23/h3-11,14-15,20,26H,12-13H2,1-2H3,(H,24,25,29)/t15-,20+/m1/s1. The van der Waals surface area contributed by atoms with Crippen molar-refractivity contribution in [1.29, 1.82) is 0 Å². The number of anilines is 2. The fourth-order valence-corrected chi connectivity index (χ4v) is 5.80. The molecule has 2 heterocycles. The van der Waals surface area contributed by atoms with Crippen LogP contribution in [-0.4, -0.2) is 37.3 Å². The molecule has 0 saturated heterocycles. The normalized spacial score (nSPS) is 16.3. The molecule has 33 heavy (non-hydrogen) atoms. The molecule has 4 rings (SSSR count). The first kappa shape index (κ1) is 23.1. The van der Waals surface area contributed by atoms with E-state index in [0.29, 0.717) is 11.6 Å². The number of aromatic nitrogens is 1. The molecule has 0 fully saturated rings. The predicted octanol–water partition coefficient (Wildman–Crippen LogP) is 2.97. The Morgan fingerprint density at radius 3 is 2.64 bits per heavy atom. The van der Waals surface area contributed by atoms with Crippen molar-refractivity contribution in [2.45, 2.75) is 43.7 Å². The van der Waals surface area contributed by atoms with Crippen molar-refractivity contribution >= 4 is 44.0 Å². The summed E-state index contributed by atoms with van der Waals surface area (Å²) in [6, 6.07) is 12.8. The monoisotopic (exact) mass is 484 g/mol. The minimum Gasteiger partial charge on any atom is -0.309 e. The number of hydrogen-bond acceptors (Lipinski definition) is 6. The van der Waals surface area contributed by atoms with Crippen LogP contribution >= 0.6 is 11.3 Å². The van der Waals surface area contributed by atoms with Gasteiger partial charge in [0.2, 0.25) is 21.8 Å². The number of rotatable bonds is 7. The van der Waals surface area contributed by atoms with E-state index in [1.54, 1.807) is 28.6 Å². The van der Waals surface area contributed by atoms with Crippen molar-refractivity contribution in [2.24, 2.45) is 0 Å². The first-order valence-electron chi connectivity index (χ1n) is 10.4. The van der Waals surface area contributed by atoms with Crippen LogP contribution in [0.4, 0.5) is 10.8 Å². The van der Waals surface area contributed by atoms with Crippen molar-refractivity contribution in [1.82, 2.24) is 9.71 Å². The first-order valence-corrected chi connectivity index (χ1v) is 12.8. The zero-order valence-electron chi connectivity index (χ0n) is 18.2. The minimum absolute atomic E-state index is 0.0432. The zero-order valence-corrected chi connectivity index (χ0v) is 19.8. The molecule has 0 unspecified atom stereocenters. The number of carbonyl (C=O) groups excluding carboxylic acids is 2. The van der Waals surface area contributed by atoms with E-state index in [4.69, 9.17) is 0 Å². The van der Waals surface area contributed by atoms with Gasteiger partial charge in [0, 0.05) is 30.2 Å². The highest BCUT2D eigenvalue weighted by Gasteiger charge is 2.32. The average molecular weight is 485 g/mol. The zero-order chi connectivity index (χ0) is 23.6. The van der Waals surface area contributed by atoms with E-state index < -0.39 is 22.0 Å². The van der Waals surface area contributed by atoms with Crippen LogP contribution < -0.4 is 14.9 Å². The molecule has 0 saturated carbocycles. The second-order valence-corrected chi connectivity index (χ2v) is 10.5. The lowest BCUT2D eigenvalue weighted by molar-refractivity contribution is -0.118. The van der Waals surface area contributed by atoms with Gasteiger partial charge in [-0.15, -0.1) is 11.3 Å². The van der Waals surface area contributed by atoms with Crippen LogP contribution in [0.5, 0.6) is 0 Å². The van der Waals surface area contributed by atoms with Gasteiger partial charge in [0.1, 0.15) is 6.04 Å². The quantitative estimate of drug-likeness (QED) is 0.536. The maximum absolute atomic E-state index is 13.3. The van der Waals surface area contributed by atoms with Crippen LogP contribution in [0.3, 0.4) is 0 Å². The van der Waals surface area contributed by atoms with Crippen molar-refractivity contribution in [3.05, 3.63) is 71.2 Å². The molecule has 10 heteroatoms. The molecule has 0 bridgehead atoms. The molecule has 1 aliphatic rings. The van der Waals surface area contributed by atoms with Crippen molar-refractivity contribution in [3.63, 3.8) is 0 Å². The minimum atomic E-state index is -4.01. The van der Waals surface area contributed by atoms with Crippen LogP contribution in [-0.2, 0) is 32.5 Å². The Hall–Kier alpha value is -3.08. The van der Waals surface area contributed by atoms with Gasteiger partial charge in [-0.3, -0.25) is 9.59 Å². The van der Waals surface area contributed by atoms with Gasteiger partial charge in [-0.25, -0.2) is 13.4 Å². The Morgan fingerprint density at radius 2 is 1.97 bits per heavy atom. The van der Waals surface area contributed by atoms with Crippen LogP contribution in [0, 0.1) is 0 Å². The summed E-state index contributed by atoms with van der Waals surface area (Å²) < 4.78 is 29.1. The first-order chi connectivity index (χ1) is 15.7. The number of sulfonamides is 1. The number of benzene rings is 2. The fraction of sp³-hybridized carbons (Fsp3) is 0.261. The van der Waals surface area contributed by atoms with E-state index in [1.165, 1.54) is 24.3 Å². The van der Waals surface area contributed by atoms with Gasteiger partial charge in [0.25, 0.3) is 0 Å². The second-order valence-electron chi connectivity index (χ2n) is 7.92. The van der Waals surface area contributed by atoms with Crippen molar-refractivity contribution in [2.75, 3.05) is 10.2 Å². The van der Waals surface area contributed by atoms with E-state index in [0.717, 1.165) is 16.8 Å². The van der Waals surface area contributed by atoms with Gasteiger partial charge < -0.3 is 10.2 Å². The van der Waals surface area contributed by atoms with E-state index in [-0.39, 0.29) is 23.3 Å². The molecule has 2 aromatic carbocycles. The Bertz CT molecular complexity index is 1260. The largest absolute Gasteiger partial charge is 0.309 e. The lowest BCUT2D eigenvalue weighted by Crippen LogP contribution is -2.45. The maximum Gasteiger partial charge on any atom is 0.244 e. The lowest BCUT2D eigenvalue weighted by atomic mass is 10.1. The molecule has 2 amide bonds. The molecular formula is C23H24N4O4S2. The highest BCUT2D eigenvalue weighted by molar-refractivity contribution is 7.89. The van der Waals surface area contributed by atoms with E-state index in [9.17, 15) is 18.0 Å². The Kier molecular flexibility index (Phi) is 6.59. The summed E-state index contributed by atoms with van der Waals surface area (Å²) in [6.45, 7) is 3.42. The summed E-state index contributed by atoms with van der Waals surface area (Å²) in [5.74, 6) is -0.577. The third-order valence-electron chi connectivity index (χ3n) is 5.48. The van der Waals surface area contributed by atoms with E-state index >= 15 is 0 Å². The van der Waals surface area contributed by atoms with Crippen LogP contribution in [0.15, 0.2) is 65.0 Å². The van der Waals surface area contributed by atoms with Crippen molar-refractivity contribution < 1.29 is 18.0 Å². The van der Waals surface area contributed by atoms with E-state index in [2.05, 4.69) is 15.0 Å². The maximum atomic E-state index is 13.3. The Balaban J connectivity index is 1.60. The number of nitrogens with zero attached hydrogens (tertiary/aromatic N) is 2. The van der Waals surface area contributed by atoms with Gasteiger partial charge >= 0.3 is 0 Å². The summed E-state index contributed by atoms with van der Waals surface area (Å²) in [4.78, 5) is 30.7. The van der Waals surface area contributed by atoms with E-state index in [1.807, 2.05) is 37.3 Å². The third-order valence-corrected chi connectivity index (χ3v) is 7.63. The molecule has 172 valence electrons. The van der Waals surface area contributed by atoms with Gasteiger partial charge in [-0.1, -0.05) is 30.3 Å². The molecule has 1 aromatic heterocycles. The number of nitrogens with one attached hydrogen (secondary N) is 2. The number of amides is 2. The highest BCUT2D eigenvalue weighted by Crippen LogP contribution is 2.34. The van der Waals surface area contributed by atoms with Crippen LogP contribution in [0.25, 0.3) is 0 Å².